The van der Waals surface area contributed by atoms with Crippen molar-refractivity contribution in [1.29, 1.82) is 0 Å². The van der Waals surface area contributed by atoms with E-state index in [0.717, 1.165) is 22.0 Å². The quantitative estimate of drug-likeness (QED) is 0.841. The van der Waals surface area contributed by atoms with Crippen molar-refractivity contribution in [1.82, 2.24) is 4.98 Å². The minimum Gasteiger partial charge on any atom is -0.465 e. The molecule has 0 saturated carbocycles. The Bertz CT molecular complexity index is 551. The third-order valence-corrected chi connectivity index (χ3v) is 2.74. The molecule has 1 atom stereocenters. The highest BCUT2D eigenvalue weighted by atomic mass is 35.5. The van der Waals surface area contributed by atoms with E-state index in [1.54, 1.807) is 13.1 Å². The Morgan fingerprint density at radius 3 is 2.89 bits per heavy atom. The maximum atomic E-state index is 11.6. The lowest BCUT2D eigenvalue weighted by atomic mass is 10.1. The molecule has 4 nitrogen and oxygen atoms in total. The third kappa shape index (κ3) is 2.66. The molecule has 0 spiro atoms. The topological polar surface area (TPSA) is 68.1 Å². The molecule has 0 bridgehead atoms. The summed E-state index contributed by atoms with van der Waals surface area (Å²) in [5.74, 6) is -0.394. The van der Waals surface area contributed by atoms with Crippen LogP contribution in [-0.2, 0) is 9.53 Å². The van der Waals surface area contributed by atoms with E-state index < -0.39 is 12.0 Å². The number of aromatic nitrogens is 1. The first kappa shape index (κ1) is 14.5. The van der Waals surface area contributed by atoms with Crippen LogP contribution in [0, 0.1) is 6.92 Å². The van der Waals surface area contributed by atoms with Gasteiger partial charge in [-0.1, -0.05) is 11.6 Å². The lowest BCUT2D eigenvalue weighted by Crippen LogP contribution is -2.23. The van der Waals surface area contributed by atoms with Gasteiger partial charge in [0.1, 0.15) is 6.04 Å². The van der Waals surface area contributed by atoms with E-state index in [-0.39, 0.29) is 12.4 Å². The number of hydrogen-bond donors (Lipinski definition) is 2. The number of aryl methyl sites for hydroxylation is 1. The van der Waals surface area contributed by atoms with Gasteiger partial charge < -0.3 is 15.5 Å². The van der Waals surface area contributed by atoms with Crippen molar-refractivity contribution < 1.29 is 9.53 Å². The second-order valence-corrected chi connectivity index (χ2v) is 4.02. The van der Waals surface area contributed by atoms with E-state index in [4.69, 9.17) is 10.5 Å². The van der Waals surface area contributed by atoms with Crippen molar-refractivity contribution >= 4 is 29.3 Å². The standard InChI is InChI=1S/C13H16N2O2.ClH/c1-3-17-13(16)12(14)10-7-15-11-5-4-8(2)6-9(10)11;/h4-7,12,15H,3,14H2,1-2H3;1H. The largest absolute Gasteiger partial charge is 0.465 e. The molecule has 2 rings (SSSR count). The van der Waals surface area contributed by atoms with Gasteiger partial charge in [-0.3, -0.25) is 0 Å². The van der Waals surface area contributed by atoms with Crippen molar-refractivity contribution in [3.05, 3.63) is 35.5 Å². The zero-order valence-corrected chi connectivity index (χ0v) is 11.2. The molecule has 1 heterocycles. The van der Waals surface area contributed by atoms with Crippen LogP contribution < -0.4 is 5.73 Å². The first-order valence-corrected chi connectivity index (χ1v) is 5.63. The lowest BCUT2D eigenvalue weighted by Gasteiger charge is -2.09. The molecule has 2 aromatic rings. The van der Waals surface area contributed by atoms with Crippen molar-refractivity contribution in [2.45, 2.75) is 19.9 Å². The lowest BCUT2D eigenvalue weighted by molar-refractivity contribution is -0.144. The average Bonchev–Trinajstić information content (AvgIpc) is 2.71. The number of halogens is 1. The van der Waals surface area contributed by atoms with Gasteiger partial charge in [0.15, 0.2) is 0 Å². The van der Waals surface area contributed by atoms with Crippen LogP contribution in [0.25, 0.3) is 10.9 Å². The number of nitrogens with two attached hydrogens (primary N) is 1. The van der Waals surface area contributed by atoms with Crippen LogP contribution >= 0.6 is 12.4 Å². The van der Waals surface area contributed by atoms with Gasteiger partial charge in [0.2, 0.25) is 0 Å². The predicted molar refractivity (Wildman–Crippen MR) is 73.8 cm³/mol. The molecule has 0 saturated heterocycles. The summed E-state index contributed by atoms with van der Waals surface area (Å²) in [4.78, 5) is 14.7. The number of esters is 1. The molecule has 0 fully saturated rings. The van der Waals surface area contributed by atoms with Crippen LogP contribution in [-0.4, -0.2) is 17.6 Å². The molecule has 0 amide bonds. The van der Waals surface area contributed by atoms with E-state index in [1.807, 2.05) is 25.1 Å². The van der Waals surface area contributed by atoms with Gasteiger partial charge >= 0.3 is 5.97 Å². The number of hydrogen-bond acceptors (Lipinski definition) is 3. The molecular weight excluding hydrogens is 252 g/mol. The van der Waals surface area contributed by atoms with Crippen molar-refractivity contribution in [3.8, 4) is 0 Å². The van der Waals surface area contributed by atoms with Crippen molar-refractivity contribution in [2.24, 2.45) is 5.73 Å². The fraction of sp³-hybridized carbons (Fsp3) is 0.308. The molecule has 98 valence electrons. The number of fused-ring (bicyclic) bond motifs is 1. The molecular formula is C13H17ClN2O2. The Morgan fingerprint density at radius 2 is 2.22 bits per heavy atom. The summed E-state index contributed by atoms with van der Waals surface area (Å²) < 4.78 is 4.93. The summed E-state index contributed by atoms with van der Waals surface area (Å²) >= 11 is 0. The van der Waals surface area contributed by atoms with Gasteiger partial charge in [-0.05, 0) is 26.0 Å². The molecule has 0 radical (unpaired) electrons. The third-order valence-electron chi connectivity index (χ3n) is 2.74. The van der Waals surface area contributed by atoms with Gasteiger partial charge in [-0.25, -0.2) is 4.79 Å². The zero-order chi connectivity index (χ0) is 12.4. The molecule has 18 heavy (non-hydrogen) atoms. The summed E-state index contributed by atoms with van der Waals surface area (Å²) in [5.41, 5.74) is 8.78. The van der Waals surface area contributed by atoms with Crippen LogP contribution in [0.4, 0.5) is 0 Å². The first-order valence-electron chi connectivity index (χ1n) is 5.63. The fourth-order valence-corrected chi connectivity index (χ4v) is 1.87. The summed E-state index contributed by atoms with van der Waals surface area (Å²) in [6, 6.07) is 5.27. The SMILES string of the molecule is CCOC(=O)C(N)c1c[nH]c2ccc(C)cc12.Cl. The van der Waals surface area contributed by atoms with E-state index in [0.29, 0.717) is 6.61 Å². The second kappa shape index (κ2) is 5.89. The van der Waals surface area contributed by atoms with E-state index in [9.17, 15) is 4.79 Å². The zero-order valence-electron chi connectivity index (χ0n) is 10.4. The Kier molecular flexibility index (Phi) is 4.76. The second-order valence-electron chi connectivity index (χ2n) is 4.02. The number of carbonyl (C=O) groups excluding carboxylic acids is 1. The van der Waals surface area contributed by atoms with Gasteiger partial charge in [0.25, 0.3) is 0 Å². The summed E-state index contributed by atoms with van der Waals surface area (Å²) in [7, 11) is 0. The normalized spacial score (nSPS) is 11.9. The number of aromatic amines is 1. The maximum Gasteiger partial charge on any atom is 0.327 e. The van der Waals surface area contributed by atoms with Crippen LogP contribution in [0.1, 0.15) is 24.1 Å². The number of H-pyrrole nitrogens is 1. The predicted octanol–water partition coefficient (Wildman–Crippen LogP) is 2.46. The average molecular weight is 269 g/mol. The van der Waals surface area contributed by atoms with Crippen molar-refractivity contribution in [2.75, 3.05) is 6.61 Å². The number of carbonyl (C=O) groups is 1. The fourth-order valence-electron chi connectivity index (χ4n) is 1.87. The van der Waals surface area contributed by atoms with Crippen LogP contribution in [0.3, 0.4) is 0 Å². The summed E-state index contributed by atoms with van der Waals surface area (Å²) in [5, 5.41) is 0.977. The minimum atomic E-state index is -0.731. The Balaban J connectivity index is 0.00000162. The minimum absolute atomic E-state index is 0. The number of benzene rings is 1. The monoisotopic (exact) mass is 268 g/mol. The molecule has 1 aromatic heterocycles. The number of rotatable bonds is 3. The Hall–Kier alpha value is -1.52. The highest BCUT2D eigenvalue weighted by Gasteiger charge is 2.20. The molecule has 0 aliphatic heterocycles. The molecule has 1 unspecified atom stereocenters. The highest BCUT2D eigenvalue weighted by Crippen LogP contribution is 2.24. The van der Waals surface area contributed by atoms with Crippen LogP contribution in [0.5, 0.6) is 0 Å². The Labute approximate surface area is 112 Å². The number of ether oxygens (including phenoxy) is 1. The van der Waals surface area contributed by atoms with E-state index in [1.165, 1.54) is 0 Å². The van der Waals surface area contributed by atoms with E-state index >= 15 is 0 Å². The van der Waals surface area contributed by atoms with Gasteiger partial charge in [-0.15, -0.1) is 12.4 Å². The van der Waals surface area contributed by atoms with Crippen molar-refractivity contribution in [3.63, 3.8) is 0 Å². The smallest absolute Gasteiger partial charge is 0.327 e. The van der Waals surface area contributed by atoms with Gasteiger partial charge in [-0.2, -0.15) is 0 Å². The number of nitrogens with one attached hydrogen (secondary N) is 1. The molecule has 0 aliphatic rings. The highest BCUT2D eigenvalue weighted by molar-refractivity contribution is 5.90. The Morgan fingerprint density at radius 1 is 1.50 bits per heavy atom. The summed E-state index contributed by atoms with van der Waals surface area (Å²) in [6.45, 7) is 4.12. The maximum absolute atomic E-state index is 11.6. The molecule has 3 N–H and O–H groups in total. The molecule has 1 aromatic carbocycles. The van der Waals surface area contributed by atoms with Gasteiger partial charge in [0, 0.05) is 22.7 Å². The molecule has 5 heteroatoms. The molecule has 0 aliphatic carbocycles. The summed E-state index contributed by atoms with van der Waals surface area (Å²) in [6.07, 6.45) is 1.77. The van der Waals surface area contributed by atoms with Crippen LogP contribution in [0.15, 0.2) is 24.4 Å². The van der Waals surface area contributed by atoms with Gasteiger partial charge in [0.05, 0.1) is 6.61 Å². The van der Waals surface area contributed by atoms with Crippen LogP contribution in [0.2, 0.25) is 0 Å². The first-order chi connectivity index (χ1) is 8.13. The van der Waals surface area contributed by atoms with E-state index in [2.05, 4.69) is 4.98 Å².